The molecule has 0 saturated heterocycles. The van der Waals surface area contributed by atoms with Crippen LogP contribution in [0.4, 0.5) is 0 Å². The van der Waals surface area contributed by atoms with Gasteiger partial charge in [0.25, 0.3) is 0 Å². The van der Waals surface area contributed by atoms with Gasteiger partial charge in [-0.15, -0.1) is 0 Å². The van der Waals surface area contributed by atoms with E-state index in [-0.39, 0.29) is 0 Å². The maximum atomic E-state index is 4.22. The van der Waals surface area contributed by atoms with Crippen LogP contribution in [-0.2, 0) is 6.42 Å². The highest BCUT2D eigenvalue weighted by Gasteiger charge is 1.98. The molecule has 1 aromatic rings. The van der Waals surface area contributed by atoms with Crippen LogP contribution in [0.3, 0.4) is 0 Å². The molecule has 0 unspecified atom stereocenters. The summed E-state index contributed by atoms with van der Waals surface area (Å²) >= 11 is 3.23. The fourth-order valence-corrected chi connectivity index (χ4v) is 1.25. The van der Waals surface area contributed by atoms with Crippen LogP contribution in [0.1, 0.15) is 19.5 Å². The van der Waals surface area contributed by atoms with Crippen molar-refractivity contribution in [1.29, 1.82) is 0 Å². The fourth-order valence-electron chi connectivity index (χ4n) is 0.901. The summed E-state index contributed by atoms with van der Waals surface area (Å²) in [5, 5.41) is 0. The van der Waals surface area contributed by atoms with Crippen molar-refractivity contribution in [2.45, 2.75) is 20.3 Å². The van der Waals surface area contributed by atoms with Crippen molar-refractivity contribution in [2.24, 2.45) is 5.92 Å². The molecule has 1 heterocycles. The Morgan fingerprint density at radius 3 is 2.82 bits per heavy atom. The summed E-state index contributed by atoms with van der Waals surface area (Å²) in [5.41, 5.74) is 1.10. The van der Waals surface area contributed by atoms with E-state index in [9.17, 15) is 0 Å². The van der Waals surface area contributed by atoms with Crippen molar-refractivity contribution in [3.8, 4) is 0 Å². The maximum absolute atomic E-state index is 4.22. The molecule has 1 rings (SSSR count). The number of hydrogen-bond donors (Lipinski definition) is 0. The van der Waals surface area contributed by atoms with Crippen molar-refractivity contribution >= 4 is 15.9 Å². The zero-order valence-corrected chi connectivity index (χ0v) is 8.30. The summed E-state index contributed by atoms with van der Waals surface area (Å²) < 4.78 is 0.677. The molecule has 0 saturated carbocycles. The third kappa shape index (κ3) is 2.97. The Kier molecular flexibility index (Phi) is 3.00. The molecule has 0 fully saturated rings. The normalized spacial score (nSPS) is 10.5. The van der Waals surface area contributed by atoms with Crippen LogP contribution in [0.5, 0.6) is 0 Å². The average molecular weight is 215 g/mol. The van der Waals surface area contributed by atoms with Gasteiger partial charge in [-0.3, -0.25) is 0 Å². The van der Waals surface area contributed by atoms with Gasteiger partial charge >= 0.3 is 0 Å². The van der Waals surface area contributed by atoms with Crippen molar-refractivity contribution in [3.63, 3.8) is 0 Å². The molecule has 0 spiro atoms. The summed E-state index contributed by atoms with van der Waals surface area (Å²) in [4.78, 5) is 8.17. The lowest BCUT2D eigenvalue weighted by atomic mass is 10.1. The SMILES string of the molecule is CC(C)Cc1ccnc(Br)n1. The van der Waals surface area contributed by atoms with E-state index in [1.807, 2.05) is 6.07 Å². The molecule has 11 heavy (non-hydrogen) atoms. The molecule has 3 heteroatoms. The third-order valence-corrected chi connectivity index (χ3v) is 1.68. The average Bonchev–Trinajstić information content (AvgIpc) is 1.85. The number of aromatic nitrogens is 2. The van der Waals surface area contributed by atoms with Gasteiger partial charge in [0.1, 0.15) is 0 Å². The molecule has 1 aromatic heterocycles. The zero-order valence-electron chi connectivity index (χ0n) is 6.71. The first kappa shape index (κ1) is 8.65. The summed E-state index contributed by atoms with van der Waals surface area (Å²) in [5.74, 6) is 0.650. The van der Waals surface area contributed by atoms with Crippen LogP contribution in [0.15, 0.2) is 17.0 Å². The smallest absolute Gasteiger partial charge is 0.196 e. The number of rotatable bonds is 2. The lowest BCUT2D eigenvalue weighted by molar-refractivity contribution is 0.632. The number of halogens is 1. The van der Waals surface area contributed by atoms with E-state index in [1.165, 1.54) is 0 Å². The lowest BCUT2D eigenvalue weighted by Crippen LogP contribution is -1.97. The monoisotopic (exact) mass is 214 g/mol. The molecule has 0 aliphatic heterocycles. The van der Waals surface area contributed by atoms with Gasteiger partial charge in [0.2, 0.25) is 0 Å². The molecule has 60 valence electrons. The Hall–Kier alpha value is -0.440. The lowest BCUT2D eigenvalue weighted by Gasteiger charge is -2.02. The Labute approximate surface area is 75.2 Å². The number of hydrogen-bond acceptors (Lipinski definition) is 2. The first-order valence-corrected chi connectivity index (χ1v) is 4.45. The topological polar surface area (TPSA) is 25.8 Å². The van der Waals surface area contributed by atoms with E-state index >= 15 is 0 Å². The molecule has 0 aliphatic rings. The van der Waals surface area contributed by atoms with Gasteiger partial charge in [-0.1, -0.05) is 13.8 Å². The second-order valence-corrected chi connectivity index (χ2v) is 3.62. The van der Waals surface area contributed by atoms with Crippen molar-refractivity contribution in [2.75, 3.05) is 0 Å². The van der Waals surface area contributed by atoms with E-state index in [0.29, 0.717) is 10.7 Å². The Morgan fingerprint density at radius 1 is 1.55 bits per heavy atom. The van der Waals surface area contributed by atoms with Crippen LogP contribution in [0.2, 0.25) is 0 Å². The van der Waals surface area contributed by atoms with Crippen molar-refractivity contribution in [3.05, 3.63) is 22.7 Å². The van der Waals surface area contributed by atoms with Crippen LogP contribution in [0.25, 0.3) is 0 Å². The minimum atomic E-state index is 0.650. The Morgan fingerprint density at radius 2 is 2.27 bits per heavy atom. The van der Waals surface area contributed by atoms with E-state index in [0.717, 1.165) is 12.1 Å². The van der Waals surface area contributed by atoms with E-state index in [2.05, 4.69) is 39.7 Å². The third-order valence-electron chi connectivity index (χ3n) is 1.30. The second kappa shape index (κ2) is 3.81. The van der Waals surface area contributed by atoms with Gasteiger partial charge in [-0.25, -0.2) is 9.97 Å². The first-order valence-electron chi connectivity index (χ1n) is 3.66. The molecule has 2 nitrogen and oxygen atoms in total. The van der Waals surface area contributed by atoms with Gasteiger partial charge in [0, 0.05) is 11.9 Å². The second-order valence-electron chi connectivity index (χ2n) is 2.91. The molecule has 0 atom stereocenters. The minimum Gasteiger partial charge on any atom is -0.231 e. The fraction of sp³-hybridized carbons (Fsp3) is 0.500. The molecule has 0 bridgehead atoms. The quantitative estimate of drug-likeness (QED) is 0.708. The Balaban J connectivity index is 2.71. The highest BCUT2D eigenvalue weighted by Crippen LogP contribution is 2.07. The molecule has 0 amide bonds. The molecular weight excluding hydrogens is 204 g/mol. The highest BCUT2D eigenvalue weighted by molar-refractivity contribution is 9.10. The van der Waals surface area contributed by atoms with Crippen LogP contribution in [0, 0.1) is 5.92 Å². The molecule has 0 aliphatic carbocycles. The molecule has 0 N–H and O–H groups in total. The summed E-state index contributed by atoms with van der Waals surface area (Å²) in [6.45, 7) is 4.35. The number of nitrogens with zero attached hydrogens (tertiary/aromatic N) is 2. The zero-order chi connectivity index (χ0) is 8.27. The van der Waals surface area contributed by atoms with Crippen LogP contribution < -0.4 is 0 Å². The maximum Gasteiger partial charge on any atom is 0.196 e. The predicted octanol–water partition coefficient (Wildman–Crippen LogP) is 2.44. The Bertz CT molecular complexity index is 235. The molecular formula is C8H11BrN2. The summed E-state index contributed by atoms with van der Waals surface area (Å²) in [6.07, 6.45) is 2.79. The molecule has 0 radical (unpaired) electrons. The van der Waals surface area contributed by atoms with Gasteiger partial charge in [-0.05, 0) is 34.3 Å². The van der Waals surface area contributed by atoms with Crippen LogP contribution >= 0.6 is 15.9 Å². The predicted molar refractivity (Wildman–Crippen MR) is 48.3 cm³/mol. The summed E-state index contributed by atoms with van der Waals surface area (Å²) in [7, 11) is 0. The van der Waals surface area contributed by atoms with E-state index in [1.54, 1.807) is 6.20 Å². The highest BCUT2D eigenvalue weighted by atomic mass is 79.9. The van der Waals surface area contributed by atoms with E-state index < -0.39 is 0 Å². The molecule has 0 aromatic carbocycles. The largest absolute Gasteiger partial charge is 0.231 e. The van der Waals surface area contributed by atoms with E-state index in [4.69, 9.17) is 0 Å². The van der Waals surface area contributed by atoms with Crippen molar-refractivity contribution in [1.82, 2.24) is 9.97 Å². The standard InChI is InChI=1S/C8H11BrN2/c1-6(2)5-7-3-4-10-8(9)11-7/h3-4,6H,5H2,1-2H3. The van der Waals surface area contributed by atoms with Crippen molar-refractivity contribution < 1.29 is 0 Å². The summed E-state index contributed by atoms with van der Waals surface area (Å²) in [6, 6.07) is 1.95. The first-order chi connectivity index (χ1) is 5.18. The minimum absolute atomic E-state index is 0.650. The van der Waals surface area contributed by atoms with Crippen LogP contribution in [-0.4, -0.2) is 9.97 Å². The van der Waals surface area contributed by atoms with Gasteiger partial charge in [-0.2, -0.15) is 0 Å². The van der Waals surface area contributed by atoms with Gasteiger partial charge < -0.3 is 0 Å². The van der Waals surface area contributed by atoms with Gasteiger partial charge in [0.15, 0.2) is 4.73 Å². The van der Waals surface area contributed by atoms with Gasteiger partial charge in [0.05, 0.1) is 0 Å².